The molecule has 3 heteroatoms. The number of hydrogen-bond acceptors (Lipinski definition) is 2. The molecular formula is C18H30BrNO. The first kappa shape index (κ1) is 18.5. The molecule has 0 bridgehead atoms. The van der Waals surface area contributed by atoms with E-state index in [0.717, 1.165) is 16.8 Å². The predicted molar refractivity (Wildman–Crippen MR) is 95.0 cm³/mol. The van der Waals surface area contributed by atoms with Gasteiger partial charge in [-0.25, -0.2) is 0 Å². The second-order valence-electron chi connectivity index (χ2n) is 5.66. The van der Waals surface area contributed by atoms with Crippen molar-refractivity contribution in [3.05, 3.63) is 28.2 Å². The first-order chi connectivity index (χ1) is 10.2. The van der Waals surface area contributed by atoms with Gasteiger partial charge in [-0.1, -0.05) is 39.7 Å². The first-order valence-electron chi connectivity index (χ1n) is 8.24. The van der Waals surface area contributed by atoms with Gasteiger partial charge in [-0.3, -0.25) is 0 Å². The molecule has 0 radical (unpaired) electrons. The zero-order valence-corrected chi connectivity index (χ0v) is 15.5. The van der Waals surface area contributed by atoms with Crippen molar-refractivity contribution in [3.8, 4) is 5.75 Å². The minimum atomic E-state index is 0.437. The Morgan fingerprint density at radius 1 is 1.10 bits per heavy atom. The smallest absolute Gasteiger partial charge is 0.133 e. The van der Waals surface area contributed by atoms with E-state index >= 15 is 0 Å². The summed E-state index contributed by atoms with van der Waals surface area (Å²) in [5.74, 6) is 1.60. The van der Waals surface area contributed by atoms with Gasteiger partial charge >= 0.3 is 0 Å². The largest absolute Gasteiger partial charge is 0.496 e. The zero-order chi connectivity index (χ0) is 15.7. The van der Waals surface area contributed by atoms with Crippen LogP contribution in [0, 0.1) is 5.92 Å². The summed E-state index contributed by atoms with van der Waals surface area (Å²) < 4.78 is 6.39. The van der Waals surface area contributed by atoms with E-state index in [0.29, 0.717) is 12.0 Å². The van der Waals surface area contributed by atoms with E-state index in [4.69, 9.17) is 4.74 Å². The van der Waals surface area contributed by atoms with E-state index < -0.39 is 0 Å². The quantitative estimate of drug-likeness (QED) is 0.579. The maximum absolute atomic E-state index is 5.35. The average Bonchev–Trinajstić information content (AvgIpc) is 2.48. The molecular weight excluding hydrogens is 326 g/mol. The van der Waals surface area contributed by atoms with E-state index in [1.165, 1.54) is 37.7 Å². The number of methoxy groups -OCH3 is 1. The molecule has 0 aromatic heterocycles. The Labute approximate surface area is 138 Å². The summed E-state index contributed by atoms with van der Waals surface area (Å²) in [6, 6.07) is 6.92. The highest BCUT2D eigenvalue weighted by Crippen LogP contribution is 2.34. The van der Waals surface area contributed by atoms with Crippen molar-refractivity contribution < 1.29 is 4.74 Å². The molecule has 0 heterocycles. The molecule has 0 saturated carbocycles. The fourth-order valence-corrected chi connectivity index (χ4v) is 3.51. The highest BCUT2D eigenvalue weighted by molar-refractivity contribution is 9.10. The Hall–Kier alpha value is -0.540. The van der Waals surface area contributed by atoms with Crippen LogP contribution < -0.4 is 10.1 Å². The van der Waals surface area contributed by atoms with Crippen LogP contribution in [0.2, 0.25) is 0 Å². The number of ether oxygens (including phenoxy) is 1. The second kappa shape index (κ2) is 10.2. The lowest BCUT2D eigenvalue weighted by Gasteiger charge is -2.29. The minimum absolute atomic E-state index is 0.437. The Kier molecular flexibility index (Phi) is 9.02. The second-order valence-corrected chi connectivity index (χ2v) is 6.52. The summed E-state index contributed by atoms with van der Waals surface area (Å²) in [6.45, 7) is 7.86. The van der Waals surface area contributed by atoms with Crippen molar-refractivity contribution in [1.29, 1.82) is 0 Å². The molecule has 2 nitrogen and oxygen atoms in total. The lowest BCUT2D eigenvalue weighted by molar-refractivity contribution is 0.316. The molecule has 120 valence electrons. The molecule has 0 aliphatic rings. The van der Waals surface area contributed by atoms with Crippen LogP contribution in [0.1, 0.15) is 64.5 Å². The van der Waals surface area contributed by atoms with Crippen LogP contribution in [0.3, 0.4) is 0 Å². The summed E-state index contributed by atoms with van der Waals surface area (Å²) in [6.07, 6.45) is 6.20. The summed E-state index contributed by atoms with van der Waals surface area (Å²) in [7, 11) is 1.71. The Morgan fingerprint density at radius 2 is 1.76 bits per heavy atom. The zero-order valence-electron chi connectivity index (χ0n) is 13.9. The summed E-state index contributed by atoms with van der Waals surface area (Å²) in [5, 5.41) is 3.76. The van der Waals surface area contributed by atoms with E-state index in [1.54, 1.807) is 7.11 Å². The van der Waals surface area contributed by atoms with Gasteiger partial charge in [0.2, 0.25) is 0 Å². The number of hydrogen-bond donors (Lipinski definition) is 1. The van der Waals surface area contributed by atoms with Crippen LogP contribution >= 0.6 is 15.9 Å². The van der Waals surface area contributed by atoms with Gasteiger partial charge in [-0.2, -0.15) is 0 Å². The van der Waals surface area contributed by atoms with Crippen molar-refractivity contribution in [3.63, 3.8) is 0 Å². The molecule has 0 saturated heterocycles. The maximum atomic E-state index is 5.35. The average molecular weight is 356 g/mol. The van der Waals surface area contributed by atoms with Crippen LogP contribution in [-0.2, 0) is 0 Å². The molecule has 1 atom stereocenters. The van der Waals surface area contributed by atoms with Crippen LogP contribution in [0.15, 0.2) is 22.7 Å². The molecule has 1 N–H and O–H groups in total. The molecule has 1 rings (SSSR count). The monoisotopic (exact) mass is 355 g/mol. The molecule has 0 spiro atoms. The van der Waals surface area contributed by atoms with Gasteiger partial charge in [0.15, 0.2) is 0 Å². The number of benzene rings is 1. The third-order valence-corrected chi connectivity index (χ3v) is 4.56. The van der Waals surface area contributed by atoms with Crippen molar-refractivity contribution in [2.75, 3.05) is 13.7 Å². The van der Waals surface area contributed by atoms with Crippen LogP contribution in [0.5, 0.6) is 5.75 Å². The predicted octanol–water partition coefficient (Wildman–Crippen LogP) is 5.71. The lowest BCUT2D eigenvalue weighted by atomic mass is 9.86. The molecule has 0 amide bonds. The van der Waals surface area contributed by atoms with Crippen molar-refractivity contribution >= 4 is 15.9 Å². The summed E-state index contributed by atoms with van der Waals surface area (Å²) in [4.78, 5) is 0. The molecule has 1 aromatic rings. The van der Waals surface area contributed by atoms with Crippen molar-refractivity contribution in [1.82, 2.24) is 5.32 Å². The summed E-state index contributed by atoms with van der Waals surface area (Å²) in [5.41, 5.74) is 1.36. The van der Waals surface area contributed by atoms with E-state index in [2.05, 4.69) is 60.2 Å². The fourth-order valence-electron chi connectivity index (χ4n) is 2.95. The normalized spacial score (nSPS) is 12.7. The van der Waals surface area contributed by atoms with E-state index in [9.17, 15) is 0 Å². The van der Waals surface area contributed by atoms with Gasteiger partial charge in [0.1, 0.15) is 5.75 Å². The fraction of sp³-hybridized carbons (Fsp3) is 0.667. The van der Waals surface area contributed by atoms with Crippen LogP contribution in [-0.4, -0.2) is 13.7 Å². The van der Waals surface area contributed by atoms with Crippen molar-refractivity contribution in [2.24, 2.45) is 5.92 Å². The Balaban J connectivity index is 3.01. The number of nitrogens with one attached hydrogen (secondary N) is 1. The van der Waals surface area contributed by atoms with Crippen molar-refractivity contribution in [2.45, 2.75) is 58.9 Å². The molecule has 0 aliphatic heterocycles. The van der Waals surface area contributed by atoms with Gasteiger partial charge < -0.3 is 10.1 Å². The van der Waals surface area contributed by atoms with Gasteiger partial charge in [0.25, 0.3) is 0 Å². The highest BCUT2D eigenvalue weighted by Gasteiger charge is 2.22. The van der Waals surface area contributed by atoms with Gasteiger partial charge in [0.05, 0.1) is 11.6 Å². The topological polar surface area (TPSA) is 21.3 Å². The molecule has 21 heavy (non-hydrogen) atoms. The van der Waals surface area contributed by atoms with Gasteiger partial charge in [-0.15, -0.1) is 0 Å². The van der Waals surface area contributed by atoms with Gasteiger partial charge in [-0.05, 0) is 65.4 Å². The summed E-state index contributed by atoms with van der Waals surface area (Å²) >= 11 is 3.62. The highest BCUT2D eigenvalue weighted by atomic mass is 79.9. The lowest BCUT2D eigenvalue weighted by Crippen LogP contribution is -2.29. The maximum Gasteiger partial charge on any atom is 0.133 e. The minimum Gasteiger partial charge on any atom is -0.496 e. The molecule has 0 fully saturated rings. The van der Waals surface area contributed by atoms with Gasteiger partial charge in [0, 0.05) is 6.04 Å². The Bertz CT molecular complexity index is 402. The van der Waals surface area contributed by atoms with Crippen LogP contribution in [0.25, 0.3) is 0 Å². The molecule has 1 aromatic carbocycles. The van der Waals surface area contributed by atoms with E-state index in [-0.39, 0.29) is 0 Å². The number of rotatable bonds is 10. The standard InChI is InChI=1S/C18H30BrNO/c1-5-8-14(9-6-2)18(20-12-7-3)15-10-11-17(21-4)16(19)13-15/h10-11,13-14,18,20H,5-9,12H2,1-4H3. The first-order valence-corrected chi connectivity index (χ1v) is 9.03. The van der Waals surface area contributed by atoms with Crippen LogP contribution in [0.4, 0.5) is 0 Å². The Morgan fingerprint density at radius 3 is 2.24 bits per heavy atom. The molecule has 1 unspecified atom stereocenters. The number of halogens is 1. The SMILES string of the molecule is CCCNC(c1ccc(OC)c(Br)c1)C(CCC)CCC. The molecule has 0 aliphatic carbocycles. The third-order valence-electron chi connectivity index (χ3n) is 3.94. The third kappa shape index (κ3) is 5.63. The van der Waals surface area contributed by atoms with E-state index in [1.807, 2.05) is 0 Å².